The topological polar surface area (TPSA) is 68.2 Å². The first-order valence-electron chi connectivity index (χ1n) is 10.3. The Balaban J connectivity index is 1.82. The predicted octanol–water partition coefficient (Wildman–Crippen LogP) is 5.40. The highest BCUT2D eigenvalue weighted by atomic mass is 32.2. The van der Waals surface area contributed by atoms with Gasteiger partial charge in [-0.1, -0.05) is 67.9 Å². The lowest BCUT2D eigenvalue weighted by Gasteiger charge is -2.30. The summed E-state index contributed by atoms with van der Waals surface area (Å²) in [5, 5.41) is 9.13. The van der Waals surface area contributed by atoms with Crippen LogP contribution in [0.4, 0.5) is 10.1 Å². The van der Waals surface area contributed by atoms with E-state index in [0.29, 0.717) is 22.1 Å². The summed E-state index contributed by atoms with van der Waals surface area (Å²) in [6, 6.07) is 13.6. The molecule has 1 amide bonds. The second-order valence-electron chi connectivity index (χ2n) is 7.20. The van der Waals surface area contributed by atoms with Crippen molar-refractivity contribution < 1.29 is 13.9 Å². The van der Waals surface area contributed by atoms with Crippen LogP contribution in [0.1, 0.15) is 44.9 Å². The highest BCUT2D eigenvalue weighted by Crippen LogP contribution is 2.43. The van der Waals surface area contributed by atoms with E-state index in [2.05, 4.69) is 22.1 Å². The molecule has 0 spiro atoms. The highest BCUT2D eigenvalue weighted by molar-refractivity contribution is 7.99. The largest absolute Gasteiger partial charge is 0.447 e. The molecule has 0 saturated carbocycles. The van der Waals surface area contributed by atoms with Crippen LogP contribution in [0, 0.1) is 5.82 Å². The average molecular weight is 439 g/mol. The number of aromatic nitrogens is 3. The quantitative estimate of drug-likeness (QED) is 0.379. The Morgan fingerprint density at radius 2 is 1.90 bits per heavy atom. The summed E-state index contributed by atoms with van der Waals surface area (Å²) in [4.78, 5) is 18.7. The lowest BCUT2D eigenvalue weighted by molar-refractivity contribution is -0.118. The number of ether oxygens (including phenoxy) is 1. The van der Waals surface area contributed by atoms with Crippen LogP contribution < -0.4 is 9.64 Å². The van der Waals surface area contributed by atoms with E-state index in [1.165, 1.54) is 29.7 Å². The van der Waals surface area contributed by atoms with Gasteiger partial charge in [0.15, 0.2) is 5.69 Å². The summed E-state index contributed by atoms with van der Waals surface area (Å²) in [6.45, 7) is 3.58. The van der Waals surface area contributed by atoms with Crippen LogP contribution in [0.25, 0.3) is 11.3 Å². The van der Waals surface area contributed by atoms with E-state index in [1.807, 2.05) is 18.2 Å². The number of carbonyl (C=O) groups is 1. The third kappa shape index (κ3) is 4.39. The number of rotatable bonds is 6. The van der Waals surface area contributed by atoms with Gasteiger partial charge < -0.3 is 4.74 Å². The minimum atomic E-state index is -1.02. The van der Waals surface area contributed by atoms with E-state index in [0.717, 1.165) is 25.0 Å². The summed E-state index contributed by atoms with van der Waals surface area (Å²) in [5.41, 5.74) is 1.91. The first-order chi connectivity index (χ1) is 15.1. The van der Waals surface area contributed by atoms with Crippen molar-refractivity contribution in [1.82, 2.24) is 15.2 Å². The minimum absolute atomic E-state index is 0.234. The van der Waals surface area contributed by atoms with E-state index in [4.69, 9.17) is 4.74 Å². The third-order valence-electron chi connectivity index (χ3n) is 5.00. The maximum Gasteiger partial charge on any atom is 0.247 e. The number of halogens is 1. The van der Waals surface area contributed by atoms with Crippen molar-refractivity contribution in [2.75, 3.05) is 10.7 Å². The second-order valence-corrected chi connectivity index (χ2v) is 8.26. The fourth-order valence-electron chi connectivity index (χ4n) is 3.51. The molecule has 0 saturated heterocycles. The number of anilines is 1. The number of thioether (sulfide) groups is 1. The van der Waals surface area contributed by atoms with Crippen molar-refractivity contribution in [3.8, 4) is 17.1 Å². The Hall–Kier alpha value is -3.00. The molecule has 1 atom stereocenters. The summed E-state index contributed by atoms with van der Waals surface area (Å²) in [7, 11) is 0. The van der Waals surface area contributed by atoms with E-state index in [-0.39, 0.29) is 17.4 Å². The number of benzene rings is 2. The van der Waals surface area contributed by atoms with E-state index in [1.54, 1.807) is 24.3 Å². The van der Waals surface area contributed by atoms with Gasteiger partial charge in [0.25, 0.3) is 0 Å². The Kier molecular flexibility index (Phi) is 6.46. The lowest BCUT2D eigenvalue weighted by Crippen LogP contribution is -2.36. The van der Waals surface area contributed by atoms with Crippen LogP contribution >= 0.6 is 11.8 Å². The molecular formula is C23H23FN4O2S. The number of carbonyl (C=O) groups excluding carboxylic acids is 1. The van der Waals surface area contributed by atoms with Crippen LogP contribution in [0.3, 0.4) is 0 Å². The van der Waals surface area contributed by atoms with Crippen LogP contribution in [0.2, 0.25) is 0 Å². The molecule has 2 heterocycles. The zero-order valence-corrected chi connectivity index (χ0v) is 18.2. The standard InChI is InChI=1S/C23H23FN4O2S/c1-3-4-9-14-31-23-25-21-20(26-27-23)17-11-6-8-13-19(17)28(15(2)29)22(30-21)16-10-5-7-12-18(16)24/h5-8,10-13,22H,3-4,9,14H2,1-2H3/t22-/m1/s1. The molecule has 0 radical (unpaired) electrons. The number of hydrogen-bond acceptors (Lipinski definition) is 6. The Bertz CT molecular complexity index is 1090. The highest BCUT2D eigenvalue weighted by Gasteiger charge is 2.35. The lowest BCUT2D eigenvalue weighted by atomic mass is 10.1. The second kappa shape index (κ2) is 9.43. The smallest absolute Gasteiger partial charge is 0.247 e. The van der Waals surface area contributed by atoms with E-state index < -0.39 is 12.0 Å². The van der Waals surface area contributed by atoms with Gasteiger partial charge in [0, 0.05) is 23.8 Å². The predicted molar refractivity (Wildman–Crippen MR) is 118 cm³/mol. The first-order valence-corrected chi connectivity index (χ1v) is 11.3. The van der Waals surface area contributed by atoms with Crippen molar-refractivity contribution in [3.05, 3.63) is 59.9 Å². The van der Waals surface area contributed by atoms with Crippen molar-refractivity contribution in [2.45, 2.75) is 44.5 Å². The molecule has 3 aromatic rings. The maximum atomic E-state index is 14.7. The molecule has 160 valence electrons. The summed E-state index contributed by atoms with van der Waals surface area (Å²) in [5.74, 6) is 0.366. The molecule has 1 aromatic heterocycles. The zero-order chi connectivity index (χ0) is 21.8. The monoisotopic (exact) mass is 438 g/mol. The Labute approximate surface area is 184 Å². The van der Waals surface area contributed by atoms with Crippen LogP contribution in [-0.4, -0.2) is 26.8 Å². The number of unbranched alkanes of at least 4 members (excludes halogenated alkanes) is 2. The Morgan fingerprint density at radius 1 is 1.13 bits per heavy atom. The van der Waals surface area contributed by atoms with E-state index >= 15 is 0 Å². The van der Waals surface area contributed by atoms with Gasteiger partial charge >= 0.3 is 0 Å². The SMILES string of the molecule is CCCCCSc1nnc2c(n1)O[C@H](c1ccccc1F)N(C(C)=O)c1ccccc1-2. The average Bonchev–Trinajstić information content (AvgIpc) is 2.91. The summed E-state index contributed by atoms with van der Waals surface area (Å²) >= 11 is 1.51. The summed E-state index contributed by atoms with van der Waals surface area (Å²) < 4.78 is 20.9. The summed E-state index contributed by atoms with van der Waals surface area (Å²) in [6.07, 6.45) is 2.31. The zero-order valence-electron chi connectivity index (χ0n) is 17.4. The Morgan fingerprint density at radius 3 is 2.68 bits per heavy atom. The minimum Gasteiger partial charge on any atom is -0.447 e. The van der Waals surface area contributed by atoms with Gasteiger partial charge in [-0.2, -0.15) is 4.98 Å². The van der Waals surface area contributed by atoms with Crippen molar-refractivity contribution in [3.63, 3.8) is 0 Å². The molecular weight excluding hydrogens is 415 g/mol. The fourth-order valence-corrected chi connectivity index (χ4v) is 4.28. The molecule has 31 heavy (non-hydrogen) atoms. The molecule has 0 aliphatic carbocycles. The number of para-hydroxylation sites is 1. The number of hydrogen-bond donors (Lipinski definition) is 0. The molecule has 0 bridgehead atoms. The normalized spacial score (nSPS) is 14.9. The van der Waals surface area contributed by atoms with Crippen LogP contribution in [0.5, 0.6) is 5.88 Å². The molecule has 6 nitrogen and oxygen atoms in total. The van der Waals surface area contributed by atoms with Crippen molar-refractivity contribution in [1.29, 1.82) is 0 Å². The van der Waals surface area contributed by atoms with E-state index in [9.17, 15) is 9.18 Å². The molecule has 0 unspecified atom stereocenters. The van der Waals surface area contributed by atoms with Gasteiger partial charge in [0.2, 0.25) is 23.2 Å². The van der Waals surface area contributed by atoms with Crippen LogP contribution in [0.15, 0.2) is 53.7 Å². The first kappa shape index (κ1) is 21.2. The molecule has 2 aromatic carbocycles. The molecule has 4 rings (SSSR count). The van der Waals surface area contributed by atoms with Gasteiger partial charge in [-0.15, -0.1) is 10.2 Å². The van der Waals surface area contributed by atoms with Crippen molar-refractivity contribution >= 4 is 23.4 Å². The van der Waals surface area contributed by atoms with Crippen molar-refractivity contribution in [2.24, 2.45) is 0 Å². The molecule has 8 heteroatoms. The maximum absolute atomic E-state index is 14.7. The molecule has 1 aliphatic heterocycles. The molecule has 1 aliphatic rings. The van der Waals surface area contributed by atoms with Gasteiger partial charge in [0.1, 0.15) is 5.82 Å². The van der Waals surface area contributed by atoms with Gasteiger partial charge in [0.05, 0.1) is 5.69 Å². The van der Waals surface area contributed by atoms with Crippen LogP contribution in [-0.2, 0) is 4.79 Å². The van der Waals surface area contributed by atoms with Gasteiger partial charge in [-0.25, -0.2) is 4.39 Å². The van der Waals surface area contributed by atoms with Gasteiger partial charge in [-0.3, -0.25) is 9.69 Å². The number of amides is 1. The third-order valence-corrected chi connectivity index (χ3v) is 5.93. The fraction of sp³-hybridized carbons (Fsp3) is 0.304. The van der Waals surface area contributed by atoms with Gasteiger partial charge in [-0.05, 0) is 18.6 Å². The molecule has 0 fully saturated rings. The number of nitrogens with zero attached hydrogens (tertiary/aromatic N) is 4. The molecule has 0 N–H and O–H groups in total. The number of fused-ring (bicyclic) bond motifs is 3.